The average Bonchev–Trinajstić information content (AvgIpc) is 2.28. The SMILES string of the molecule is Cc1ccc(-c2ccc(C(=O)O)c(=O)[nH]2)c(C)c1. The summed E-state index contributed by atoms with van der Waals surface area (Å²) in [5.41, 5.74) is 2.87. The Balaban J connectivity index is 2.56. The molecule has 0 aliphatic rings. The molecular weight excluding hydrogens is 230 g/mol. The largest absolute Gasteiger partial charge is 0.477 e. The van der Waals surface area contributed by atoms with Crippen molar-refractivity contribution in [3.63, 3.8) is 0 Å². The Morgan fingerprint density at radius 2 is 1.89 bits per heavy atom. The van der Waals surface area contributed by atoms with Crippen molar-refractivity contribution in [2.45, 2.75) is 13.8 Å². The fourth-order valence-electron chi connectivity index (χ4n) is 1.91. The Morgan fingerprint density at radius 3 is 2.44 bits per heavy atom. The van der Waals surface area contributed by atoms with Crippen LogP contribution in [0, 0.1) is 13.8 Å². The molecule has 0 unspecified atom stereocenters. The van der Waals surface area contributed by atoms with Crippen LogP contribution in [0.5, 0.6) is 0 Å². The van der Waals surface area contributed by atoms with E-state index in [0.717, 1.165) is 16.7 Å². The molecule has 2 N–H and O–H groups in total. The number of pyridine rings is 1. The van der Waals surface area contributed by atoms with Gasteiger partial charge in [0.2, 0.25) is 0 Å². The van der Waals surface area contributed by atoms with Crippen LogP contribution in [0.3, 0.4) is 0 Å². The maximum absolute atomic E-state index is 11.6. The zero-order chi connectivity index (χ0) is 13.3. The van der Waals surface area contributed by atoms with E-state index in [2.05, 4.69) is 4.98 Å². The minimum absolute atomic E-state index is 0.247. The predicted molar refractivity (Wildman–Crippen MR) is 68.9 cm³/mol. The maximum Gasteiger partial charge on any atom is 0.341 e. The van der Waals surface area contributed by atoms with Crippen LogP contribution in [0.2, 0.25) is 0 Å². The highest BCUT2D eigenvalue weighted by Crippen LogP contribution is 2.21. The molecule has 0 amide bonds. The first-order chi connectivity index (χ1) is 8.49. The van der Waals surface area contributed by atoms with Crippen LogP contribution in [0.25, 0.3) is 11.3 Å². The highest BCUT2D eigenvalue weighted by Gasteiger charge is 2.10. The zero-order valence-corrected chi connectivity index (χ0v) is 10.2. The predicted octanol–water partition coefficient (Wildman–Crippen LogP) is 2.36. The third kappa shape index (κ3) is 2.18. The molecule has 0 atom stereocenters. The molecule has 18 heavy (non-hydrogen) atoms. The van der Waals surface area contributed by atoms with Gasteiger partial charge in [-0.05, 0) is 31.5 Å². The first kappa shape index (κ1) is 12.1. The van der Waals surface area contributed by atoms with Crippen molar-refractivity contribution in [1.82, 2.24) is 4.98 Å². The zero-order valence-electron chi connectivity index (χ0n) is 10.2. The van der Waals surface area contributed by atoms with Crippen molar-refractivity contribution in [3.05, 3.63) is 57.4 Å². The number of hydrogen-bond donors (Lipinski definition) is 2. The van der Waals surface area contributed by atoms with Gasteiger partial charge >= 0.3 is 5.97 Å². The van der Waals surface area contributed by atoms with Gasteiger partial charge in [-0.25, -0.2) is 4.79 Å². The summed E-state index contributed by atoms with van der Waals surface area (Å²) >= 11 is 0. The monoisotopic (exact) mass is 243 g/mol. The quantitative estimate of drug-likeness (QED) is 0.850. The van der Waals surface area contributed by atoms with Crippen LogP contribution in [0.1, 0.15) is 21.5 Å². The Labute approximate surface area is 104 Å². The van der Waals surface area contributed by atoms with Crippen molar-refractivity contribution >= 4 is 5.97 Å². The normalized spacial score (nSPS) is 10.3. The Bertz CT molecular complexity index is 671. The fraction of sp³-hybridized carbons (Fsp3) is 0.143. The van der Waals surface area contributed by atoms with E-state index in [0.29, 0.717) is 5.69 Å². The molecule has 2 aromatic rings. The molecule has 0 bridgehead atoms. The van der Waals surface area contributed by atoms with E-state index in [1.807, 2.05) is 32.0 Å². The number of hydrogen-bond acceptors (Lipinski definition) is 2. The van der Waals surface area contributed by atoms with E-state index in [1.54, 1.807) is 6.07 Å². The van der Waals surface area contributed by atoms with Crippen molar-refractivity contribution < 1.29 is 9.90 Å². The molecule has 92 valence electrons. The lowest BCUT2D eigenvalue weighted by molar-refractivity contribution is 0.0695. The molecule has 0 aliphatic carbocycles. The number of aromatic nitrogens is 1. The smallest absolute Gasteiger partial charge is 0.341 e. The molecule has 4 nitrogen and oxygen atoms in total. The van der Waals surface area contributed by atoms with Gasteiger partial charge in [0.05, 0.1) is 0 Å². The number of H-pyrrole nitrogens is 1. The number of rotatable bonds is 2. The second-order valence-corrected chi connectivity index (χ2v) is 4.24. The van der Waals surface area contributed by atoms with Gasteiger partial charge < -0.3 is 10.1 Å². The molecule has 1 aromatic heterocycles. The number of carboxylic acid groups (broad SMARTS) is 1. The minimum atomic E-state index is -1.22. The highest BCUT2D eigenvalue weighted by molar-refractivity contribution is 5.87. The van der Waals surface area contributed by atoms with Gasteiger partial charge in [0, 0.05) is 11.3 Å². The van der Waals surface area contributed by atoms with E-state index >= 15 is 0 Å². The number of carboxylic acids is 1. The average molecular weight is 243 g/mol. The van der Waals surface area contributed by atoms with Gasteiger partial charge in [-0.2, -0.15) is 0 Å². The topological polar surface area (TPSA) is 70.2 Å². The maximum atomic E-state index is 11.6. The molecule has 4 heteroatoms. The van der Waals surface area contributed by atoms with Gasteiger partial charge in [0.1, 0.15) is 5.56 Å². The van der Waals surface area contributed by atoms with Gasteiger partial charge in [-0.3, -0.25) is 4.79 Å². The van der Waals surface area contributed by atoms with E-state index in [4.69, 9.17) is 5.11 Å². The summed E-state index contributed by atoms with van der Waals surface area (Å²) in [5, 5.41) is 8.80. The number of aryl methyl sites for hydroxylation is 2. The van der Waals surface area contributed by atoms with Crippen molar-refractivity contribution in [3.8, 4) is 11.3 Å². The van der Waals surface area contributed by atoms with E-state index in [-0.39, 0.29) is 5.56 Å². The molecule has 2 rings (SSSR count). The molecule has 1 heterocycles. The van der Waals surface area contributed by atoms with Crippen LogP contribution < -0.4 is 5.56 Å². The lowest BCUT2D eigenvalue weighted by atomic mass is 10.0. The Hall–Kier alpha value is -2.36. The molecule has 0 saturated heterocycles. The molecule has 0 aliphatic heterocycles. The van der Waals surface area contributed by atoms with Crippen LogP contribution in [-0.2, 0) is 0 Å². The van der Waals surface area contributed by atoms with Gasteiger partial charge in [0.25, 0.3) is 5.56 Å². The van der Waals surface area contributed by atoms with Crippen molar-refractivity contribution in [2.24, 2.45) is 0 Å². The molecule has 0 saturated carbocycles. The Kier molecular flexibility index (Phi) is 3.02. The summed E-state index contributed by atoms with van der Waals surface area (Å²) in [5.74, 6) is -1.22. The fourth-order valence-corrected chi connectivity index (χ4v) is 1.91. The number of aromatic amines is 1. The van der Waals surface area contributed by atoms with E-state index in [1.165, 1.54) is 6.07 Å². The van der Waals surface area contributed by atoms with Crippen LogP contribution >= 0.6 is 0 Å². The lowest BCUT2D eigenvalue weighted by Crippen LogP contribution is -2.17. The lowest BCUT2D eigenvalue weighted by Gasteiger charge is -2.07. The second kappa shape index (κ2) is 4.49. The third-order valence-electron chi connectivity index (χ3n) is 2.81. The molecular formula is C14H13NO3. The first-order valence-corrected chi connectivity index (χ1v) is 5.53. The van der Waals surface area contributed by atoms with Gasteiger partial charge in [-0.15, -0.1) is 0 Å². The van der Waals surface area contributed by atoms with Crippen LogP contribution in [0.15, 0.2) is 35.1 Å². The summed E-state index contributed by atoms with van der Waals surface area (Å²) in [4.78, 5) is 25.0. The van der Waals surface area contributed by atoms with E-state index in [9.17, 15) is 9.59 Å². The summed E-state index contributed by atoms with van der Waals surface area (Å²) < 4.78 is 0. The summed E-state index contributed by atoms with van der Waals surface area (Å²) in [6.45, 7) is 3.94. The number of carbonyl (C=O) groups is 1. The molecule has 1 aromatic carbocycles. The third-order valence-corrected chi connectivity index (χ3v) is 2.81. The van der Waals surface area contributed by atoms with Crippen molar-refractivity contribution in [1.29, 1.82) is 0 Å². The van der Waals surface area contributed by atoms with Crippen LogP contribution in [0.4, 0.5) is 0 Å². The standard InChI is InChI=1S/C14H13NO3/c1-8-3-4-10(9(2)7-8)12-6-5-11(14(17)18)13(16)15-12/h3-7H,1-2H3,(H,15,16)(H,17,18). The van der Waals surface area contributed by atoms with E-state index < -0.39 is 11.5 Å². The molecule has 0 radical (unpaired) electrons. The molecule has 0 spiro atoms. The number of benzene rings is 1. The highest BCUT2D eigenvalue weighted by atomic mass is 16.4. The number of nitrogens with one attached hydrogen (secondary N) is 1. The van der Waals surface area contributed by atoms with Crippen LogP contribution in [-0.4, -0.2) is 16.1 Å². The van der Waals surface area contributed by atoms with Gasteiger partial charge in [-0.1, -0.05) is 23.8 Å². The molecule has 0 fully saturated rings. The van der Waals surface area contributed by atoms with Gasteiger partial charge in [0.15, 0.2) is 0 Å². The summed E-state index contributed by atoms with van der Waals surface area (Å²) in [7, 11) is 0. The summed E-state index contributed by atoms with van der Waals surface area (Å²) in [6, 6.07) is 8.82. The minimum Gasteiger partial charge on any atom is -0.477 e. The second-order valence-electron chi connectivity index (χ2n) is 4.24. The summed E-state index contributed by atoms with van der Waals surface area (Å²) in [6.07, 6.45) is 0. The van der Waals surface area contributed by atoms with Crippen molar-refractivity contribution in [2.75, 3.05) is 0 Å². The number of aromatic carboxylic acids is 1. The first-order valence-electron chi connectivity index (χ1n) is 5.53. The Morgan fingerprint density at radius 1 is 1.17 bits per heavy atom.